The van der Waals surface area contributed by atoms with Crippen molar-refractivity contribution in [2.45, 2.75) is 103 Å². The van der Waals surface area contributed by atoms with E-state index in [1.54, 1.807) is 50.5 Å². The van der Waals surface area contributed by atoms with Crippen LogP contribution in [0.25, 0.3) is 0 Å². The normalized spacial score (nSPS) is 33.9. The van der Waals surface area contributed by atoms with Crippen LogP contribution in [-0.2, 0) is 0 Å². The molecule has 3 aliphatic carbocycles. The van der Waals surface area contributed by atoms with Crippen LogP contribution in [0.15, 0.2) is 24.3 Å². The summed E-state index contributed by atoms with van der Waals surface area (Å²) in [6.45, 7) is 2.20. The minimum atomic E-state index is 0.842. The molecule has 0 saturated heterocycles. The fourth-order valence-corrected chi connectivity index (χ4v) is 6.54. The molecular formula is C26H40. The van der Waals surface area contributed by atoms with Gasteiger partial charge < -0.3 is 0 Å². The second-order valence-corrected chi connectivity index (χ2v) is 10.0. The molecule has 0 unspecified atom stereocenters. The van der Waals surface area contributed by atoms with Crippen LogP contribution in [0.4, 0.5) is 0 Å². The minimum Gasteiger partial charge on any atom is -0.0590 e. The topological polar surface area (TPSA) is 0 Å². The molecule has 0 amide bonds. The minimum absolute atomic E-state index is 0.842. The molecule has 0 heterocycles. The Morgan fingerprint density at radius 1 is 0.615 bits per heavy atom. The molecule has 0 N–H and O–H groups in total. The first-order valence-electron chi connectivity index (χ1n) is 11.8. The molecule has 26 heavy (non-hydrogen) atoms. The largest absolute Gasteiger partial charge is 0.0590 e. The summed E-state index contributed by atoms with van der Waals surface area (Å²) in [6, 6.07) is 9.36. The number of hydrogen-bond donors (Lipinski definition) is 0. The zero-order valence-electron chi connectivity index (χ0n) is 17.1. The highest BCUT2D eigenvalue weighted by molar-refractivity contribution is 5.24. The first-order chi connectivity index (χ1) is 12.8. The Kier molecular flexibility index (Phi) is 6.39. The van der Waals surface area contributed by atoms with Gasteiger partial charge in [0, 0.05) is 0 Å². The summed E-state index contributed by atoms with van der Waals surface area (Å²) in [6.07, 6.45) is 21.3. The van der Waals surface area contributed by atoms with Gasteiger partial charge in [-0.1, -0.05) is 74.8 Å². The van der Waals surface area contributed by atoms with Gasteiger partial charge in [0.1, 0.15) is 0 Å². The van der Waals surface area contributed by atoms with Crippen LogP contribution in [0, 0.1) is 30.6 Å². The average molecular weight is 353 g/mol. The molecule has 4 rings (SSSR count). The molecule has 3 saturated carbocycles. The van der Waals surface area contributed by atoms with Crippen molar-refractivity contribution < 1.29 is 0 Å². The zero-order valence-corrected chi connectivity index (χ0v) is 17.1. The van der Waals surface area contributed by atoms with E-state index in [-0.39, 0.29) is 0 Å². The Bertz CT molecular complexity index is 520. The molecule has 0 heteroatoms. The van der Waals surface area contributed by atoms with Crippen LogP contribution in [0.5, 0.6) is 0 Å². The quantitative estimate of drug-likeness (QED) is 0.514. The van der Waals surface area contributed by atoms with E-state index >= 15 is 0 Å². The van der Waals surface area contributed by atoms with Crippen molar-refractivity contribution >= 4 is 0 Å². The van der Waals surface area contributed by atoms with E-state index < -0.39 is 0 Å². The maximum atomic E-state index is 2.38. The fourth-order valence-electron chi connectivity index (χ4n) is 6.54. The van der Waals surface area contributed by atoms with Gasteiger partial charge >= 0.3 is 0 Å². The van der Waals surface area contributed by atoms with E-state index in [1.165, 1.54) is 50.5 Å². The van der Waals surface area contributed by atoms with Crippen molar-refractivity contribution in [3.63, 3.8) is 0 Å². The SMILES string of the molecule is Cc1ccc(C2CCC(CC3CCC(C4CCCCC4)CC3)CC2)cc1. The Morgan fingerprint density at radius 3 is 1.77 bits per heavy atom. The Hall–Kier alpha value is -0.780. The summed E-state index contributed by atoms with van der Waals surface area (Å²) in [5.74, 6) is 5.15. The average Bonchev–Trinajstić information content (AvgIpc) is 2.71. The van der Waals surface area contributed by atoms with E-state index in [2.05, 4.69) is 31.2 Å². The van der Waals surface area contributed by atoms with Crippen molar-refractivity contribution in [2.24, 2.45) is 23.7 Å². The molecule has 0 aromatic heterocycles. The van der Waals surface area contributed by atoms with Crippen molar-refractivity contribution in [3.8, 4) is 0 Å². The maximum Gasteiger partial charge on any atom is -0.0162 e. The molecule has 0 aliphatic heterocycles. The molecule has 144 valence electrons. The van der Waals surface area contributed by atoms with Crippen LogP contribution in [-0.4, -0.2) is 0 Å². The molecule has 1 aromatic carbocycles. The number of benzene rings is 1. The van der Waals surface area contributed by atoms with Gasteiger partial charge in [0.25, 0.3) is 0 Å². The monoisotopic (exact) mass is 352 g/mol. The second-order valence-electron chi connectivity index (χ2n) is 10.0. The predicted molar refractivity (Wildman–Crippen MR) is 113 cm³/mol. The molecule has 0 bridgehead atoms. The van der Waals surface area contributed by atoms with Crippen molar-refractivity contribution in [3.05, 3.63) is 35.4 Å². The molecule has 1 aromatic rings. The van der Waals surface area contributed by atoms with E-state index in [1.807, 2.05) is 0 Å². The number of rotatable bonds is 4. The van der Waals surface area contributed by atoms with E-state index in [0.29, 0.717) is 0 Å². The van der Waals surface area contributed by atoms with E-state index in [0.717, 1.165) is 29.6 Å². The summed E-state index contributed by atoms with van der Waals surface area (Å²) in [7, 11) is 0. The third-order valence-electron chi connectivity index (χ3n) is 8.27. The smallest absolute Gasteiger partial charge is 0.0162 e. The highest BCUT2D eigenvalue weighted by Crippen LogP contribution is 2.44. The third-order valence-corrected chi connectivity index (χ3v) is 8.27. The standard InChI is InChI=1S/C26H40/c1-20-7-13-24(14-8-20)26-17-11-22(12-18-26)19-21-9-15-25(16-10-21)23-5-3-2-4-6-23/h7-8,13-14,21-23,25-26H,2-6,9-12,15-19H2,1H3. The molecule has 0 nitrogen and oxygen atoms in total. The summed E-state index contributed by atoms with van der Waals surface area (Å²) < 4.78 is 0. The van der Waals surface area contributed by atoms with Crippen LogP contribution in [0.3, 0.4) is 0 Å². The van der Waals surface area contributed by atoms with Gasteiger partial charge in [0.15, 0.2) is 0 Å². The zero-order chi connectivity index (χ0) is 17.8. The summed E-state index contributed by atoms with van der Waals surface area (Å²) in [5.41, 5.74) is 2.99. The Labute approximate surface area is 162 Å². The molecule has 3 aliphatic rings. The molecule has 3 fully saturated rings. The highest BCUT2D eigenvalue weighted by atomic mass is 14.4. The van der Waals surface area contributed by atoms with Crippen molar-refractivity contribution in [1.82, 2.24) is 0 Å². The summed E-state index contributed by atoms with van der Waals surface area (Å²) in [5, 5.41) is 0. The first-order valence-corrected chi connectivity index (χ1v) is 11.8. The van der Waals surface area contributed by atoms with Crippen molar-refractivity contribution in [1.29, 1.82) is 0 Å². The number of hydrogen-bond acceptors (Lipinski definition) is 0. The second kappa shape index (κ2) is 8.94. The van der Waals surface area contributed by atoms with Gasteiger partial charge in [-0.05, 0) is 87.0 Å². The lowest BCUT2D eigenvalue weighted by Gasteiger charge is -2.38. The molecule has 0 spiro atoms. The lowest BCUT2D eigenvalue weighted by atomic mass is 9.68. The Balaban J connectivity index is 1.18. The maximum absolute atomic E-state index is 2.38. The lowest BCUT2D eigenvalue weighted by molar-refractivity contribution is 0.147. The van der Waals surface area contributed by atoms with Crippen molar-refractivity contribution in [2.75, 3.05) is 0 Å². The molecule has 0 radical (unpaired) electrons. The Morgan fingerprint density at radius 2 is 1.15 bits per heavy atom. The van der Waals surface area contributed by atoms with Crippen LogP contribution in [0.2, 0.25) is 0 Å². The van der Waals surface area contributed by atoms with Crippen LogP contribution < -0.4 is 0 Å². The van der Waals surface area contributed by atoms with Gasteiger partial charge in [-0.25, -0.2) is 0 Å². The first kappa shape index (κ1) is 18.6. The van der Waals surface area contributed by atoms with Gasteiger partial charge in [0.2, 0.25) is 0 Å². The molecule has 0 atom stereocenters. The van der Waals surface area contributed by atoms with Gasteiger partial charge in [-0.15, -0.1) is 0 Å². The van der Waals surface area contributed by atoms with E-state index in [9.17, 15) is 0 Å². The van der Waals surface area contributed by atoms with Crippen LogP contribution in [0.1, 0.15) is 107 Å². The third kappa shape index (κ3) is 4.73. The fraction of sp³-hybridized carbons (Fsp3) is 0.769. The summed E-state index contributed by atoms with van der Waals surface area (Å²) >= 11 is 0. The van der Waals surface area contributed by atoms with Gasteiger partial charge in [-0.3, -0.25) is 0 Å². The summed E-state index contributed by atoms with van der Waals surface area (Å²) in [4.78, 5) is 0. The predicted octanol–water partition coefficient (Wildman–Crippen LogP) is 8.05. The lowest BCUT2D eigenvalue weighted by Crippen LogP contribution is -2.25. The van der Waals surface area contributed by atoms with Gasteiger partial charge in [-0.2, -0.15) is 0 Å². The highest BCUT2D eigenvalue weighted by Gasteiger charge is 2.30. The van der Waals surface area contributed by atoms with E-state index in [4.69, 9.17) is 0 Å². The van der Waals surface area contributed by atoms with Gasteiger partial charge in [0.05, 0.1) is 0 Å². The molecular weight excluding hydrogens is 312 g/mol. The number of aryl methyl sites for hydroxylation is 1. The van der Waals surface area contributed by atoms with Crippen LogP contribution >= 0.6 is 0 Å².